The third-order valence-corrected chi connectivity index (χ3v) is 3.31. The van der Waals surface area contributed by atoms with E-state index in [4.69, 9.17) is 0 Å². The Labute approximate surface area is 110 Å². The average Bonchev–Trinajstić information content (AvgIpc) is 2.99. The number of nitrogens with zero attached hydrogens (tertiary/aromatic N) is 2. The third-order valence-electron chi connectivity index (χ3n) is 3.31. The minimum absolute atomic E-state index is 0.223. The SMILES string of the molecule is CC(Cc1ncc[nH]1)N1C(=O)c2ccccc2C1=O. The summed E-state index contributed by atoms with van der Waals surface area (Å²) in [4.78, 5) is 32.9. The lowest BCUT2D eigenvalue weighted by Crippen LogP contribution is -2.39. The molecule has 96 valence electrons. The topological polar surface area (TPSA) is 66.1 Å². The van der Waals surface area contributed by atoms with E-state index in [1.165, 1.54) is 4.90 Å². The molecule has 0 aliphatic carbocycles. The number of imidazole rings is 1. The molecule has 2 amide bonds. The van der Waals surface area contributed by atoms with Crippen molar-refractivity contribution in [1.29, 1.82) is 0 Å². The molecule has 1 aromatic carbocycles. The number of hydrogen-bond acceptors (Lipinski definition) is 3. The third kappa shape index (κ3) is 1.83. The molecule has 1 aliphatic rings. The predicted molar refractivity (Wildman–Crippen MR) is 68.7 cm³/mol. The second-order valence-electron chi connectivity index (χ2n) is 4.61. The zero-order chi connectivity index (χ0) is 13.4. The maximum atomic E-state index is 12.3. The highest BCUT2D eigenvalue weighted by molar-refractivity contribution is 6.21. The zero-order valence-corrected chi connectivity index (χ0v) is 10.5. The second-order valence-corrected chi connectivity index (χ2v) is 4.61. The zero-order valence-electron chi connectivity index (χ0n) is 10.5. The van der Waals surface area contributed by atoms with E-state index >= 15 is 0 Å². The molecular weight excluding hydrogens is 242 g/mol. The monoisotopic (exact) mass is 255 g/mol. The van der Waals surface area contributed by atoms with E-state index in [1.54, 1.807) is 36.7 Å². The number of H-pyrrole nitrogens is 1. The van der Waals surface area contributed by atoms with Crippen LogP contribution in [-0.2, 0) is 6.42 Å². The Morgan fingerprint density at radius 1 is 1.21 bits per heavy atom. The molecule has 1 N–H and O–H groups in total. The number of rotatable bonds is 3. The molecule has 19 heavy (non-hydrogen) atoms. The van der Waals surface area contributed by atoms with Crippen molar-refractivity contribution in [3.05, 3.63) is 53.6 Å². The van der Waals surface area contributed by atoms with E-state index in [1.807, 2.05) is 6.92 Å². The van der Waals surface area contributed by atoms with Gasteiger partial charge >= 0.3 is 0 Å². The van der Waals surface area contributed by atoms with Gasteiger partial charge in [-0.2, -0.15) is 0 Å². The molecule has 1 aromatic heterocycles. The van der Waals surface area contributed by atoms with Crippen LogP contribution in [-0.4, -0.2) is 32.7 Å². The fourth-order valence-electron chi connectivity index (χ4n) is 2.39. The number of benzene rings is 1. The van der Waals surface area contributed by atoms with Crippen LogP contribution in [0.1, 0.15) is 33.5 Å². The Balaban J connectivity index is 1.87. The van der Waals surface area contributed by atoms with Gasteiger partial charge in [-0.05, 0) is 19.1 Å². The normalized spacial score (nSPS) is 15.7. The van der Waals surface area contributed by atoms with E-state index in [2.05, 4.69) is 9.97 Å². The maximum absolute atomic E-state index is 12.3. The molecule has 1 atom stereocenters. The quantitative estimate of drug-likeness (QED) is 0.848. The second kappa shape index (κ2) is 4.35. The van der Waals surface area contributed by atoms with Gasteiger partial charge in [-0.3, -0.25) is 14.5 Å². The Hall–Kier alpha value is -2.43. The molecule has 5 heteroatoms. The largest absolute Gasteiger partial charge is 0.349 e. The van der Waals surface area contributed by atoms with Crippen LogP contribution in [0.2, 0.25) is 0 Å². The lowest BCUT2D eigenvalue weighted by Gasteiger charge is -2.21. The van der Waals surface area contributed by atoms with Crippen molar-refractivity contribution in [2.75, 3.05) is 0 Å². The molecule has 0 saturated heterocycles. The van der Waals surface area contributed by atoms with Gasteiger partial charge in [0.15, 0.2) is 0 Å². The lowest BCUT2D eigenvalue weighted by atomic mass is 10.1. The van der Waals surface area contributed by atoms with Gasteiger partial charge in [0, 0.05) is 24.9 Å². The summed E-state index contributed by atoms with van der Waals surface area (Å²) >= 11 is 0. The van der Waals surface area contributed by atoms with E-state index in [0.29, 0.717) is 17.5 Å². The van der Waals surface area contributed by atoms with Crippen molar-refractivity contribution in [2.45, 2.75) is 19.4 Å². The molecule has 0 radical (unpaired) electrons. The molecule has 0 fully saturated rings. The van der Waals surface area contributed by atoms with Gasteiger partial charge < -0.3 is 4.98 Å². The summed E-state index contributed by atoms with van der Waals surface area (Å²) in [5.74, 6) is 0.323. The van der Waals surface area contributed by atoms with Crippen LogP contribution in [0.5, 0.6) is 0 Å². The van der Waals surface area contributed by atoms with Gasteiger partial charge in [0.25, 0.3) is 11.8 Å². The van der Waals surface area contributed by atoms with Crippen molar-refractivity contribution in [1.82, 2.24) is 14.9 Å². The van der Waals surface area contributed by atoms with E-state index in [9.17, 15) is 9.59 Å². The van der Waals surface area contributed by atoms with Crippen LogP contribution >= 0.6 is 0 Å². The summed E-state index contributed by atoms with van der Waals surface area (Å²) < 4.78 is 0. The Morgan fingerprint density at radius 2 is 1.84 bits per heavy atom. The number of carbonyl (C=O) groups excluding carboxylic acids is 2. The summed E-state index contributed by atoms with van der Waals surface area (Å²) in [6, 6.07) is 6.69. The molecule has 5 nitrogen and oxygen atoms in total. The first-order valence-corrected chi connectivity index (χ1v) is 6.13. The number of fused-ring (bicyclic) bond motifs is 1. The van der Waals surface area contributed by atoms with Crippen molar-refractivity contribution in [3.8, 4) is 0 Å². The minimum atomic E-state index is -0.224. The number of amides is 2. The number of aromatic amines is 1. The molecule has 1 aliphatic heterocycles. The van der Waals surface area contributed by atoms with Gasteiger partial charge in [-0.15, -0.1) is 0 Å². The number of nitrogens with one attached hydrogen (secondary N) is 1. The minimum Gasteiger partial charge on any atom is -0.349 e. The Morgan fingerprint density at radius 3 is 2.37 bits per heavy atom. The fourth-order valence-corrected chi connectivity index (χ4v) is 2.39. The molecule has 3 rings (SSSR count). The first-order chi connectivity index (χ1) is 9.18. The van der Waals surface area contributed by atoms with Gasteiger partial charge in [-0.1, -0.05) is 12.1 Å². The summed E-state index contributed by atoms with van der Waals surface area (Å²) in [5.41, 5.74) is 0.970. The lowest BCUT2D eigenvalue weighted by molar-refractivity contribution is 0.0595. The molecule has 0 spiro atoms. The number of imide groups is 1. The number of hydrogen-bond donors (Lipinski definition) is 1. The van der Waals surface area contributed by atoms with Gasteiger partial charge in [-0.25, -0.2) is 4.98 Å². The van der Waals surface area contributed by atoms with Crippen molar-refractivity contribution in [3.63, 3.8) is 0 Å². The van der Waals surface area contributed by atoms with Crippen molar-refractivity contribution >= 4 is 11.8 Å². The van der Waals surface area contributed by atoms with Crippen LogP contribution in [0.25, 0.3) is 0 Å². The smallest absolute Gasteiger partial charge is 0.261 e. The van der Waals surface area contributed by atoms with Gasteiger partial charge in [0.1, 0.15) is 5.82 Å². The van der Waals surface area contributed by atoms with Gasteiger partial charge in [0.2, 0.25) is 0 Å². The molecule has 2 aromatic rings. The van der Waals surface area contributed by atoms with Crippen LogP contribution in [0.3, 0.4) is 0 Å². The van der Waals surface area contributed by atoms with Crippen molar-refractivity contribution in [2.24, 2.45) is 0 Å². The highest BCUT2D eigenvalue weighted by Crippen LogP contribution is 2.25. The average molecular weight is 255 g/mol. The molecule has 1 unspecified atom stereocenters. The first-order valence-electron chi connectivity index (χ1n) is 6.13. The molecule has 0 saturated carbocycles. The van der Waals surface area contributed by atoms with E-state index in [-0.39, 0.29) is 17.9 Å². The molecular formula is C14H13N3O2. The van der Waals surface area contributed by atoms with Crippen molar-refractivity contribution < 1.29 is 9.59 Å². The number of carbonyl (C=O) groups is 2. The first kappa shape index (κ1) is 11.6. The molecule has 2 heterocycles. The summed E-state index contributed by atoms with van der Waals surface area (Å²) in [7, 11) is 0. The summed E-state index contributed by atoms with van der Waals surface area (Å²) in [6.45, 7) is 1.85. The van der Waals surface area contributed by atoms with Crippen LogP contribution < -0.4 is 0 Å². The summed E-state index contributed by atoms with van der Waals surface area (Å²) in [5, 5.41) is 0. The summed E-state index contributed by atoms with van der Waals surface area (Å²) in [6.07, 6.45) is 3.91. The van der Waals surface area contributed by atoms with Crippen LogP contribution in [0, 0.1) is 0 Å². The van der Waals surface area contributed by atoms with E-state index in [0.717, 1.165) is 5.82 Å². The van der Waals surface area contributed by atoms with Gasteiger partial charge in [0.05, 0.1) is 11.1 Å². The highest BCUT2D eigenvalue weighted by Gasteiger charge is 2.38. The molecule has 0 bridgehead atoms. The predicted octanol–water partition coefficient (Wildman–Crippen LogP) is 1.64. The van der Waals surface area contributed by atoms with E-state index < -0.39 is 0 Å². The van der Waals surface area contributed by atoms with Crippen LogP contribution in [0.15, 0.2) is 36.7 Å². The van der Waals surface area contributed by atoms with Crippen LogP contribution in [0.4, 0.5) is 0 Å². The standard InChI is InChI=1S/C14H13N3O2/c1-9(8-12-15-6-7-16-12)17-13(18)10-4-2-3-5-11(10)14(17)19/h2-7,9H,8H2,1H3,(H,15,16). The fraction of sp³-hybridized carbons (Fsp3) is 0.214. The Bertz CT molecular complexity index is 599. The number of aromatic nitrogens is 2. The highest BCUT2D eigenvalue weighted by atomic mass is 16.2. The Kier molecular flexibility index (Phi) is 2.67. The maximum Gasteiger partial charge on any atom is 0.261 e.